The standard InChI is InChI=1S/C29H31NO4/c1-3-16-30-17-15-28-25-21-11-12-23(32-2)26(25)34-27(28)22(31)13-14-29(28,24(30)19-21)33-18-7-10-20-8-5-4-6-9-20/h3-6,8-9,11-14,24,27H,1,7,10,15-19H2,2H3/t24-,27+,28+,29-/m1/s1. The van der Waals surface area contributed by atoms with Crippen molar-refractivity contribution in [3.05, 3.63) is 84.0 Å². The first-order valence-electron chi connectivity index (χ1n) is 12.3. The zero-order valence-corrected chi connectivity index (χ0v) is 19.7. The van der Waals surface area contributed by atoms with Crippen LogP contribution in [0.25, 0.3) is 0 Å². The quantitative estimate of drug-likeness (QED) is 0.442. The average molecular weight is 458 g/mol. The van der Waals surface area contributed by atoms with E-state index in [1.165, 1.54) is 11.1 Å². The van der Waals surface area contributed by atoms with Gasteiger partial charge in [0.2, 0.25) is 0 Å². The molecule has 2 aliphatic carbocycles. The van der Waals surface area contributed by atoms with Crippen LogP contribution in [-0.4, -0.2) is 55.2 Å². The first-order valence-corrected chi connectivity index (χ1v) is 12.3. The molecule has 1 spiro atoms. The maximum absolute atomic E-state index is 13.2. The molecule has 2 aliphatic heterocycles. The van der Waals surface area contributed by atoms with Crippen LogP contribution in [0.4, 0.5) is 0 Å². The van der Waals surface area contributed by atoms with Gasteiger partial charge >= 0.3 is 0 Å². The number of carbonyl (C=O) groups excluding carboxylic acids is 1. The van der Waals surface area contributed by atoms with E-state index in [9.17, 15) is 4.79 Å². The smallest absolute Gasteiger partial charge is 0.196 e. The van der Waals surface area contributed by atoms with Crippen LogP contribution in [-0.2, 0) is 27.8 Å². The molecular weight excluding hydrogens is 426 g/mol. The molecule has 0 amide bonds. The molecule has 2 heterocycles. The van der Waals surface area contributed by atoms with Gasteiger partial charge in [-0.3, -0.25) is 9.69 Å². The Kier molecular flexibility index (Phi) is 5.16. The normalized spacial score (nSPS) is 30.6. The third-order valence-electron chi connectivity index (χ3n) is 8.31. The number of benzene rings is 2. The minimum absolute atomic E-state index is 0.0190. The molecular formula is C29H31NO4. The largest absolute Gasteiger partial charge is 0.493 e. The summed E-state index contributed by atoms with van der Waals surface area (Å²) in [6.45, 7) is 6.29. The summed E-state index contributed by atoms with van der Waals surface area (Å²) in [7, 11) is 1.66. The highest BCUT2D eigenvalue weighted by Crippen LogP contribution is 2.64. The van der Waals surface area contributed by atoms with Crippen molar-refractivity contribution in [2.45, 2.75) is 48.8 Å². The van der Waals surface area contributed by atoms with Crippen LogP contribution in [0.3, 0.4) is 0 Å². The number of ether oxygens (including phenoxy) is 3. The molecule has 4 atom stereocenters. The van der Waals surface area contributed by atoms with Gasteiger partial charge in [0.25, 0.3) is 0 Å². The molecule has 0 saturated carbocycles. The highest BCUT2D eigenvalue weighted by Gasteiger charge is 2.73. The minimum atomic E-state index is -0.631. The fourth-order valence-electron chi connectivity index (χ4n) is 6.95. The summed E-state index contributed by atoms with van der Waals surface area (Å²) < 4.78 is 19.1. The van der Waals surface area contributed by atoms with Gasteiger partial charge < -0.3 is 14.2 Å². The van der Waals surface area contributed by atoms with Crippen molar-refractivity contribution in [1.29, 1.82) is 0 Å². The number of ketones is 1. The number of rotatable bonds is 8. The van der Waals surface area contributed by atoms with Crippen LogP contribution < -0.4 is 9.47 Å². The van der Waals surface area contributed by atoms with Crippen LogP contribution in [0.1, 0.15) is 29.5 Å². The maximum Gasteiger partial charge on any atom is 0.196 e. The summed E-state index contributed by atoms with van der Waals surface area (Å²) in [6.07, 6.45) is 8.67. The summed E-state index contributed by atoms with van der Waals surface area (Å²) in [5, 5.41) is 0. The number of hydrogen-bond acceptors (Lipinski definition) is 5. The van der Waals surface area contributed by atoms with Gasteiger partial charge in [0.15, 0.2) is 23.4 Å². The van der Waals surface area contributed by atoms with Crippen molar-refractivity contribution in [1.82, 2.24) is 4.90 Å². The maximum atomic E-state index is 13.2. The summed E-state index contributed by atoms with van der Waals surface area (Å²) in [6, 6.07) is 14.8. The van der Waals surface area contributed by atoms with Crippen LogP contribution in [0.15, 0.2) is 67.3 Å². The molecule has 176 valence electrons. The van der Waals surface area contributed by atoms with E-state index in [1.54, 1.807) is 13.2 Å². The van der Waals surface area contributed by atoms with Gasteiger partial charge in [0.1, 0.15) is 5.60 Å². The van der Waals surface area contributed by atoms with E-state index < -0.39 is 17.1 Å². The topological polar surface area (TPSA) is 48.0 Å². The zero-order valence-electron chi connectivity index (χ0n) is 19.7. The van der Waals surface area contributed by atoms with E-state index in [2.05, 4.69) is 47.9 Å². The van der Waals surface area contributed by atoms with E-state index in [1.807, 2.05) is 18.2 Å². The minimum Gasteiger partial charge on any atom is -0.493 e. The Morgan fingerprint density at radius 1 is 1.24 bits per heavy atom. The Morgan fingerprint density at radius 3 is 2.88 bits per heavy atom. The van der Waals surface area contributed by atoms with Crippen molar-refractivity contribution in [3.8, 4) is 11.5 Å². The fraction of sp³-hybridized carbons (Fsp3) is 0.414. The van der Waals surface area contributed by atoms with Crippen LogP contribution in [0.5, 0.6) is 11.5 Å². The number of aryl methyl sites for hydroxylation is 1. The van der Waals surface area contributed by atoms with Crippen LogP contribution >= 0.6 is 0 Å². The van der Waals surface area contributed by atoms with E-state index in [4.69, 9.17) is 14.2 Å². The molecule has 2 aromatic rings. The molecule has 0 aromatic heterocycles. The highest BCUT2D eigenvalue weighted by molar-refractivity contribution is 5.99. The molecule has 0 N–H and O–H groups in total. The molecule has 1 fully saturated rings. The van der Waals surface area contributed by atoms with Gasteiger partial charge in [-0.2, -0.15) is 0 Å². The number of carbonyl (C=O) groups is 1. The predicted molar refractivity (Wildman–Crippen MR) is 131 cm³/mol. The third kappa shape index (κ3) is 2.83. The van der Waals surface area contributed by atoms with Crippen molar-refractivity contribution < 1.29 is 19.0 Å². The summed E-state index contributed by atoms with van der Waals surface area (Å²) in [4.78, 5) is 15.7. The first kappa shape index (κ1) is 21.6. The predicted octanol–water partition coefficient (Wildman–Crippen LogP) is 4.04. The number of hydrogen-bond donors (Lipinski definition) is 0. The molecule has 4 aliphatic rings. The molecule has 1 saturated heterocycles. The second-order valence-electron chi connectivity index (χ2n) is 9.82. The number of nitrogens with zero attached hydrogens (tertiary/aromatic N) is 1. The Hall–Kier alpha value is -2.89. The molecule has 2 aromatic carbocycles. The lowest BCUT2D eigenvalue weighted by Gasteiger charge is -2.62. The lowest BCUT2D eigenvalue weighted by Crippen LogP contribution is -2.76. The van der Waals surface area contributed by atoms with Gasteiger partial charge in [-0.25, -0.2) is 0 Å². The number of piperidine rings is 1. The Balaban J connectivity index is 1.43. The summed E-state index contributed by atoms with van der Waals surface area (Å²) in [5.74, 6) is 1.45. The van der Waals surface area contributed by atoms with Crippen LogP contribution in [0.2, 0.25) is 0 Å². The lowest BCUT2D eigenvalue weighted by atomic mass is 9.50. The van der Waals surface area contributed by atoms with Crippen molar-refractivity contribution in [2.75, 3.05) is 26.8 Å². The molecule has 5 heteroatoms. The van der Waals surface area contributed by atoms with Gasteiger partial charge in [-0.15, -0.1) is 6.58 Å². The molecule has 2 bridgehead atoms. The zero-order chi connectivity index (χ0) is 23.3. The van der Waals surface area contributed by atoms with Crippen molar-refractivity contribution >= 4 is 5.78 Å². The Bertz CT molecular complexity index is 1160. The lowest BCUT2D eigenvalue weighted by molar-refractivity contribution is -0.176. The van der Waals surface area contributed by atoms with Crippen molar-refractivity contribution in [3.63, 3.8) is 0 Å². The van der Waals surface area contributed by atoms with E-state index in [-0.39, 0.29) is 11.8 Å². The number of likely N-dealkylation sites (tertiary alicyclic amines) is 1. The van der Waals surface area contributed by atoms with Gasteiger partial charge in [0, 0.05) is 31.3 Å². The summed E-state index contributed by atoms with van der Waals surface area (Å²) in [5.41, 5.74) is 2.52. The second-order valence-corrected chi connectivity index (χ2v) is 9.82. The van der Waals surface area contributed by atoms with E-state index >= 15 is 0 Å². The second kappa shape index (κ2) is 8.10. The molecule has 0 unspecified atom stereocenters. The van der Waals surface area contributed by atoms with E-state index in [0.717, 1.165) is 50.1 Å². The van der Waals surface area contributed by atoms with E-state index in [0.29, 0.717) is 12.4 Å². The average Bonchev–Trinajstić information content (AvgIpc) is 3.22. The first-order chi connectivity index (χ1) is 16.6. The van der Waals surface area contributed by atoms with Crippen molar-refractivity contribution in [2.24, 2.45) is 0 Å². The highest BCUT2D eigenvalue weighted by atomic mass is 16.5. The molecule has 6 rings (SSSR count). The molecule has 0 radical (unpaired) electrons. The van der Waals surface area contributed by atoms with Crippen LogP contribution in [0, 0.1) is 0 Å². The molecule has 5 nitrogen and oxygen atoms in total. The Labute approximate surface area is 201 Å². The van der Waals surface area contributed by atoms with Gasteiger partial charge in [-0.1, -0.05) is 42.5 Å². The fourth-order valence-corrected chi connectivity index (χ4v) is 6.95. The molecule has 34 heavy (non-hydrogen) atoms. The third-order valence-corrected chi connectivity index (χ3v) is 8.31. The van der Waals surface area contributed by atoms with Gasteiger partial charge in [-0.05, 0) is 55.0 Å². The number of methoxy groups -OCH3 is 1. The van der Waals surface area contributed by atoms with Gasteiger partial charge in [0.05, 0.1) is 12.5 Å². The Morgan fingerprint density at radius 2 is 2.09 bits per heavy atom. The SMILES string of the molecule is C=CCN1CC[C@]23c4c5ccc(OC)c4O[C@H]2C(=O)C=C[C@@]3(OCCCc2ccccc2)[C@H]1C5. The summed E-state index contributed by atoms with van der Waals surface area (Å²) >= 11 is 0. The monoisotopic (exact) mass is 457 g/mol.